The molecular formula is C27H38O3. The first kappa shape index (κ1) is 24.0. The molecule has 164 valence electrons. The Morgan fingerprint density at radius 3 is 1.53 bits per heavy atom. The van der Waals surface area contributed by atoms with Crippen molar-refractivity contribution in [2.24, 2.45) is 0 Å². The molecule has 0 spiro atoms. The largest absolute Gasteiger partial charge is 0.507 e. The van der Waals surface area contributed by atoms with E-state index in [9.17, 15) is 9.90 Å². The van der Waals surface area contributed by atoms with Crippen molar-refractivity contribution in [2.75, 3.05) is 7.11 Å². The molecule has 2 rings (SSSR count). The van der Waals surface area contributed by atoms with Gasteiger partial charge in [0.2, 0.25) is 0 Å². The Hall–Kier alpha value is -2.29. The molecule has 3 nitrogen and oxygen atoms in total. The van der Waals surface area contributed by atoms with Gasteiger partial charge >= 0.3 is 5.97 Å². The van der Waals surface area contributed by atoms with Gasteiger partial charge in [-0.1, -0.05) is 98.7 Å². The van der Waals surface area contributed by atoms with Crippen LogP contribution in [0.4, 0.5) is 0 Å². The van der Waals surface area contributed by atoms with E-state index in [1.165, 1.54) is 12.7 Å². The van der Waals surface area contributed by atoms with Gasteiger partial charge in [0.1, 0.15) is 11.7 Å². The highest BCUT2D eigenvalue weighted by molar-refractivity contribution is 5.82. The van der Waals surface area contributed by atoms with Crippen LogP contribution in [0.3, 0.4) is 0 Å². The van der Waals surface area contributed by atoms with Gasteiger partial charge in [0, 0.05) is 0 Å². The predicted molar refractivity (Wildman–Crippen MR) is 125 cm³/mol. The summed E-state index contributed by atoms with van der Waals surface area (Å²) in [6.07, 6.45) is 0. The number of aromatic hydroxyl groups is 1. The number of carbonyl (C=O) groups excluding carboxylic acids is 1. The van der Waals surface area contributed by atoms with Crippen LogP contribution in [0.15, 0.2) is 36.4 Å². The van der Waals surface area contributed by atoms with Crippen LogP contribution in [-0.2, 0) is 25.8 Å². The summed E-state index contributed by atoms with van der Waals surface area (Å²) in [7, 11) is 1.43. The summed E-state index contributed by atoms with van der Waals surface area (Å²) in [6, 6.07) is 12.1. The SMILES string of the molecule is COC(=O)C(c1ccc(C(C)(C)C)cc1)c1cc(C(C)(C)C)c(O)c(C(C)(C)C)c1. The van der Waals surface area contributed by atoms with Crippen LogP contribution in [0, 0.1) is 0 Å². The number of hydrogen-bond acceptors (Lipinski definition) is 3. The Balaban J connectivity index is 2.75. The molecule has 0 heterocycles. The van der Waals surface area contributed by atoms with Gasteiger partial charge in [-0.05, 0) is 44.1 Å². The molecule has 0 radical (unpaired) electrons. The third-order valence-electron chi connectivity index (χ3n) is 5.63. The minimum Gasteiger partial charge on any atom is -0.507 e. The standard InChI is InChI=1S/C27H38O3/c1-25(2,3)19-13-11-17(12-14-19)22(24(29)30-10)18-15-20(26(4,5)6)23(28)21(16-18)27(7,8)9/h11-16,22,28H,1-10H3. The quantitative estimate of drug-likeness (QED) is 0.581. The summed E-state index contributed by atoms with van der Waals surface area (Å²) < 4.78 is 5.20. The zero-order valence-electron chi connectivity index (χ0n) is 20.3. The normalized spacial score (nSPS) is 13.8. The lowest BCUT2D eigenvalue weighted by Crippen LogP contribution is -2.21. The second-order valence-corrected chi connectivity index (χ2v) is 11.3. The average molecular weight is 411 g/mol. The van der Waals surface area contributed by atoms with E-state index in [0.717, 1.165) is 22.3 Å². The number of phenols is 1. The summed E-state index contributed by atoms with van der Waals surface area (Å²) in [5, 5.41) is 11.0. The van der Waals surface area contributed by atoms with Gasteiger partial charge in [0.15, 0.2) is 0 Å². The Kier molecular flexibility index (Phi) is 6.47. The molecule has 0 aliphatic carbocycles. The van der Waals surface area contributed by atoms with E-state index >= 15 is 0 Å². The average Bonchev–Trinajstić information content (AvgIpc) is 2.60. The van der Waals surface area contributed by atoms with Crippen LogP contribution in [0.1, 0.15) is 96.0 Å². The van der Waals surface area contributed by atoms with Crippen molar-refractivity contribution < 1.29 is 14.6 Å². The van der Waals surface area contributed by atoms with Crippen molar-refractivity contribution in [3.63, 3.8) is 0 Å². The highest BCUT2D eigenvalue weighted by atomic mass is 16.5. The van der Waals surface area contributed by atoms with Crippen LogP contribution in [0.2, 0.25) is 0 Å². The number of methoxy groups -OCH3 is 1. The number of esters is 1. The second-order valence-electron chi connectivity index (χ2n) is 11.3. The van der Waals surface area contributed by atoms with Crippen molar-refractivity contribution in [3.05, 3.63) is 64.2 Å². The summed E-state index contributed by atoms with van der Waals surface area (Å²) in [6.45, 7) is 19.0. The lowest BCUT2D eigenvalue weighted by atomic mass is 9.76. The van der Waals surface area contributed by atoms with Crippen molar-refractivity contribution in [1.82, 2.24) is 0 Å². The van der Waals surface area contributed by atoms with Crippen LogP contribution in [0.25, 0.3) is 0 Å². The van der Waals surface area contributed by atoms with E-state index in [1.54, 1.807) is 0 Å². The maximum Gasteiger partial charge on any atom is 0.317 e. The highest BCUT2D eigenvalue weighted by Crippen LogP contribution is 2.42. The summed E-state index contributed by atoms with van der Waals surface area (Å²) in [5.74, 6) is -0.541. The topological polar surface area (TPSA) is 46.5 Å². The molecule has 0 bridgehead atoms. The molecule has 1 atom stereocenters. The molecule has 2 aromatic rings. The first-order valence-electron chi connectivity index (χ1n) is 10.6. The van der Waals surface area contributed by atoms with E-state index in [2.05, 4.69) is 74.4 Å². The van der Waals surface area contributed by atoms with E-state index in [4.69, 9.17) is 4.74 Å². The number of phenolic OH excluding ortho intramolecular Hbond substituents is 1. The number of rotatable bonds is 3. The van der Waals surface area contributed by atoms with E-state index in [-0.39, 0.29) is 22.2 Å². The lowest BCUT2D eigenvalue weighted by Gasteiger charge is -2.29. The van der Waals surface area contributed by atoms with E-state index in [0.29, 0.717) is 5.75 Å². The maximum absolute atomic E-state index is 12.9. The van der Waals surface area contributed by atoms with Crippen molar-refractivity contribution >= 4 is 5.97 Å². The summed E-state index contributed by atoms with van der Waals surface area (Å²) >= 11 is 0. The first-order chi connectivity index (χ1) is 13.6. The Bertz CT molecular complexity index is 866. The zero-order chi connectivity index (χ0) is 23.1. The van der Waals surface area contributed by atoms with Gasteiger partial charge in [-0.25, -0.2) is 0 Å². The minimum absolute atomic E-state index is 0.0383. The molecule has 3 heteroatoms. The van der Waals surface area contributed by atoms with Gasteiger partial charge in [0.05, 0.1) is 7.11 Å². The fraction of sp³-hybridized carbons (Fsp3) is 0.519. The molecule has 0 amide bonds. The fourth-order valence-electron chi connectivity index (χ4n) is 3.72. The van der Waals surface area contributed by atoms with Gasteiger partial charge in [0.25, 0.3) is 0 Å². The molecule has 0 aliphatic rings. The monoisotopic (exact) mass is 410 g/mol. The molecule has 2 aromatic carbocycles. The predicted octanol–water partition coefficient (Wildman–Crippen LogP) is 6.59. The third kappa shape index (κ3) is 5.06. The summed E-state index contributed by atoms with van der Waals surface area (Å²) in [4.78, 5) is 12.9. The molecule has 0 saturated carbocycles. The number of hydrogen-bond donors (Lipinski definition) is 1. The Labute approximate surface area is 182 Å². The highest BCUT2D eigenvalue weighted by Gasteiger charge is 2.31. The number of carbonyl (C=O) groups is 1. The van der Waals surface area contributed by atoms with Crippen molar-refractivity contribution in [1.29, 1.82) is 0 Å². The van der Waals surface area contributed by atoms with Gasteiger partial charge in [-0.15, -0.1) is 0 Å². The van der Waals surface area contributed by atoms with Crippen molar-refractivity contribution in [2.45, 2.75) is 84.5 Å². The molecule has 30 heavy (non-hydrogen) atoms. The second kappa shape index (κ2) is 8.09. The summed E-state index contributed by atoms with van der Waals surface area (Å²) in [5.41, 5.74) is 4.13. The lowest BCUT2D eigenvalue weighted by molar-refractivity contribution is -0.141. The number of ether oxygens (including phenoxy) is 1. The Morgan fingerprint density at radius 1 is 0.767 bits per heavy atom. The van der Waals surface area contributed by atoms with Gasteiger partial charge < -0.3 is 9.84 Å². The molecular weight excluding hydrogens is 372 g/mol. The molecule has 1 N–H and O–H groups in total. The number of benzene rings is 2. The molecule has 1 unspecified atom stereocenters. The smallest absolute Gasteiger partial charge is 0.317 e. The first-order valence-corrected chi connectivity index (χ1v) is 10.6. The van der Waals surface area contributed by atoms with Crippen LogP contribution < -0.4 is 0 Å². The minimum atomic E-state index is -0.549. The Morgan fingerprint density at radius 2 is 1.20 bits per heavy atom. The van der Waals surface area contributed by atoms with Crippen molar-refractivity contribution in [3.8, 4) is 5.75 Å². The van der Waals surface area contributed by atoms with Crippen LogP contribution in [-0.4, -0.2) is 18.2 Å². The van der Waals surface area contributed by atoms with E-state index in [1.807, 2.05) is 24.3 Å². The fourth-order valence-corrected chi connectivity index (χ4v) is 3.72. The van der Waals surface area contributed by atoms with Gasteiger partial charge in [-0.3, -0.25) is 4.79 Å². The maximum atomic E-state index is 12.9. The van der Waals surface area contributed by atoms with Crippen LogP contribution >= 0.6 is 0 Å². The molecule has 0 saturated heterocycles. The third-order valence-corrected chi connectivity index (χ3v) is 5.63. The van der Waals surface area contributed by atoms with E-state index < -0.39 is 5.92 Å². The molecule has 0 aliphatic heterocycles. The van der Waals surface area contributed by atoms with Crippen LogP contribution in [0.5, 0.6) is 5.75 Å². The molecule has 0 fully saturated rings. The zero-order valence-corrected chi connectivity index (χ0v) is 20.3. The van der Waals surface area contributed by atoms with Gasteiger partial charge in [-0.2, -0.15) is 0 Å². The molecule has 0 aromatic heterocycles.